The number of hydrogen-bond acceptors (Lipinski definition) is 7. The zero-order valence-corrected chi connectivity index (χ0v) is 18.4. The van der Waals surface area contributed by atoms with Gasteiger partial charge in [-0.1, -0.05) is 17.3 Å². The van der Waals surface area contributed by atoms with E-state index in [-0.39, 0.29) is 31.1 Å². The largest absolute Gasteiger partial charge is 0.497 e. The van der Waals surface area contributed by atoms with Crippen molar-refractivity contribution < 1.29 is 28.3 Å². The summed E-state index contributed by atoms with van der Waals surface area (Å²) in [6, 6.07) is 7.57. The molecule has 0 saturated carbocycles. The van der Waals surface area contributed by atoms with Gasteiger partial charge in [0.05, 0.1) is 32.1 Å². The zero-order chi connectivity index (χ0) is 22.4. The Labute approximate surface area is 181 Å². The SMILES string of the molecule is COCC(=O)N1CC(=O)N(Cc2cccc(OC)c2)C[C@@H](OCc2c(C)noc2C)C1. The lowest BCUT2D eigenvalue weighted by atomic mass is 10.2. The highest BCUT2D eigenvalue weighted by Crippen LogP contribution is 2.19. The Morgan fingerprint density at radius 2 is 2.06 bits per heavy atom. The molecule has 1 fully saturated rings. The maximum absolute atomic E-state index is 13.0. The molecule has 1 aliphatic heterocycles. The third-order valence-corrected chi connectivity index (χ3v) is 5.30. The summed E-state index contributed by atoms with van der Waals surface area (Å²) in [7, 11) is 3.06. The molecule has 9 nitrogen and oxygen atoms in total. The minimum Gasteiger partial charge on any atom is -0.497 e. The van der Waals surface area contributed by atoms with Crippen molar-refractivity contribution in [3.8, 4) is 5.75 Å². The number of hydrogen-bond donors (Lipinski definition) is 0. The summed E-state index contributed by atoms with van der Waals surface area (Å²) in [6.07, 6.45) is -0.369. The van der Waals surface area contributed by atoms with Gasteiger partial charge in [0.1, 0.15) is 18.1 Å². The third kappa shape index (κ3) is 5.83. The summed E-state index contributed by atoms with van der Waals surface area (Å²) >= 11 is 0. The van der Waals surface area contributed by atoms with Gasteiger partial charge in [0.2, 0.25) is 11.8 Å². The lowest BCUT2D eigenvalue weighted by Crippen LogP contribution is -2.41. The quantitative estimate of drug-likeness (QED) is 0.628. The molecule has 1 atom stereocenters. The minimum atomic E-state index is -0.369. The molecule has 3 rings (SSSR count). The van der Waals surface area contributed by atoms with Crippen LogP contribution in [0.25, 0.3) is 0 Å². The molecule has 2 aromatic rings. The van der Waals surface area contributed by atoms with Gasteiger partial charge in [-0.05, 0) is 31.5 Å². The van der Waals surface area contributed by atoms with Crippen molar-refractivity contribution in [2.45, 2.75) is 33.1 Å². The number of carbonyl (C=O) groups is 2. The Morgan fingerprint density at radius 1 is 1.26 bits per heavy atom. The molecule has 0 unspecified atom stereocenters. The third-order valence-electron chi connectivity index (χ3n) is 5.30. The molecule has 1 aromatic carbocycles. The van der Waals surface area contributed by atoms with E-state index < -0.39 is 0 Å². The maximum Gasteiger partial charge on any atom is 0.249 e. The summed E-state index contributed by atoms with van der Waals surface area (Å²) in [5.74, 6) is 1.03. The first-order chi connectivity index (χ1) is 14.9. The van der Waals surface area contributed by atoms with Crippen molar-refractivity contribution >= 4 is 11.8 Å². The number of methoxy groups -OCH3 is 2. The average Bonchev–Trinajstić information content (AvgIpc) is 2.98. The second-order valence-corrected chi connectivity index (χ2v) is 7.57. The van der Waals surface area contributed by atoms with E-state index in [9.17, 15) is 9.59 Å². The second kappa shape index (κ2) is 10.4. The highest BCUT2D eigenvalue weighted by molar-refractivity contribution is 5.86. The molecule has 168 valence electrons. The van der Waals surface area contributed by atoms with E-state index in [0.29, 0.717) is 32.0 Å². The summed E-state index contributed by atoms with van der Waals surface area (Å²) in [4.78, 5) is 28.6. The van der Waals surface area contributed by atoms with Crippen LogP contribution in [0.2, 0.25) is 0 Å². The molecule has 1 saturated heterocycles. The van der Waals surface area contributed by atoms with Gasteiger partial charge in [-0.2, -0.15) is 0 Å². The van der Waals surface area contributed by atoms with E-state index >= 15 is 0 Å². The summed E-state index contributed by atoms with van der Waals surface area (Å²) in [5.41, 5.74) is 2.58. The van der Waals surface area contributed by atoms with Crippen molar-refractivity contribution in [1.82, 2.24) is 15.0 Å². The number of benzene rings is 1. The molecule has 0 bridgehead atoms. The first-order valence-electron chi connectivity index (χ1n) is 10.1. The standard InChI is InChI=1S/C22H29N3O6/c1-15-20(16(2)31-23-15)13-30-19-10-24(9-17-6-5-7-18(8-17)29-4)21(26)12-25(11-19)22(27)14-28-3/h5-8,19H,9-14H2,1-4H3/t19-/m1/s1. The van der Waals surface area contributed by atoms with Gasteiger partial charge in [0, 0.05) is 32.3 Å². The highest BCUT2D eigenvalue weighted by Gasteiger charge is 2.31. The molecule has 9 heteroatoms. The first kappa shape index (κ1) is 22.8. The molecular weight excluding hydrogens is 402 g/mol. The Morgan fingerprint density at radius 3 is 2.74 bits per heavy atom. The van der Waals surface area contributed by atoms with Crippen molar-refractivity contribution in [3.05, 3.63) is 46.8 Å². The fraction of sp³-hybridized carbons (Fsp3) is 0.500. The Balaban J connectivity index is 1.77. The Kier molecular flexibility index (Phi) is 7.64. The average molecular weight is 431 g/mol. The summed E-state index contributed by atoms with van der Waals surface area (Å²) in [5, 5.41) is 3.95. The van der Waals surface area contributed by atoms with Gasteiger partial charge in [-0.25, -0.2) is 0 Å². The second-order valence-electron chi connectivity index (χ2n) is 7.57. The lowest BCUT2D eigenvalue weighted by Gasteiger charge is -2.25. The number of aromatic nitrogens is 1. The molecular formula is C22H29N3O6. The van der Waals surface area contributed by atoms with E-state index in [1.54, 1.807) is 12.0 Å². The molecule has 1 aliphatic rings. The van der Waals surface area contributed by atoms with Crippen LogP contribution in [0.4, 0.5) is 0 Å². The molecule has 2 amide bonds. The van der Waals surface area contributed by atoms with E-state index in [1.165, 1.54) is 12.0 Å². The molecule has 31 heavy (non-hydrogen) atoms. The number of ether oxygens (including phenoxy) is 3. The van der Waals surface area contributed by atoms with Gasteiger partial charge in [0.25, 0.3) is 0 Å². The van der Waals surface area contributed by atoms with Crippen LogP contribution in [-0.4, -0.2) is 73.3 Å². The number of nitrogens with zero attached hydrogens (tertiary/aromatic N) is 3. The molecule has 0 radical (unpaired) electrons. The van der Waals surface area contributed by atoms with Crippen molar-refractivity contribution in [2.24, 2.45) is 0 Å². The van der Waals surface area contributed by atoms with Crippen LogP contribution in [0.1, 0.15) is 22.6 Å². The number of aryl methyl sites for hydroxylation is 2. The van der Waals surface area contributed by atoms with E-state index in [1.807, 2.05) is 38.1 Å². The predicted molar refractivity (Wildman–Crippen MR) is 111 cm³/mol. The van der Waals surface area contributed by atoms with Crippen molar-refractivity contribution in [3.63, 3.8) is 0 Å². The smallest absolute Gasteiger partial charge is 0.249 e. The van der Waals surface area contributed by atoms with Crippen LogP contribution in [0.3, 0.4) is 0 Å². The van der Waals surface area contributed by atoms with Gasteiger partial charge in [-0.3, -0.25) is 9.59 Å². The van der Waals surface area contributed by atoms with Crippen molar-refractivity contribution in [1.29, 1.82) is 0 Å². The topological polar surface area (TPSA) is 94.3 Å². The number of carbonyl (C=O) groups excluding carboxylic acids is 2. The molecule has 0 spiro atoms. The van der Waals surface area contributed by atoms with Crippen LogP contribution in [-0.2, 0) is 32.2 Å². The molecule has 2 heterocycles. The molecule has 0 N–H and O–H groups in total. The number of rotatable bonds is 8. The van der Waals surface area contributed by atoms with Crippen molar-refractivity contribution in [2.75, 3.05) is 40.5 Å². The molecule has 1 aromatic heterocycles. The fourth-order valence-electron chi connectivity index (χ4n) is 3.54. The normalized spacial score (nSPS) is 17.0. The van der Waals surface area contributed by atoms with Gasteiger partial charge in [0.15, 0.2) is 0 Å². The van der Waals surface area contributed by atoms with Crippen LogP contribution < -0.4 is 4.74 Å². The minimum absolute atomic E-state index is 0.0165. The summed E-state index contributed by atoms with van der Waals surface area (Å²) < 4.78 is 21.6. The maximum atomic E-state index is 13.0. The van der Waals surface area contributed by atoms with Gasteiger partial charge >= 0.3 is 0 Å². The van der Waals surface area contributed by atoms with E-state index in [4.69, 9.17) is 18.7 Å². The fourth-order valence-corrected chi connectivity index (χ4v) is 3.54. The monoisotopic (exact) mass is 431 g/mol. The van der Waals surface area contributed by atoms with E-state index in [2.05, 4.69) is 5.16 Å². The van der Waals surface area contributed by atoms with E-state index in [0.717, 1.165) is 22.6 Å². The first-order valence-corrected chi connectivity index (χ1v) is 10.1. The summed E-state index contributed by atoms with van der Waals surface area (Å²) in [6.45, 7) is 4.93. The zero-order valence-electron chi connectivity index (χ0n) is 18.4. The highest BCUT2D eigenvalue weighted by atomic mass is 16.5. The van der Waals surface area contributed by atoms with Crippen LogP contribution in [0.15, 0.2) is 28.8 Å². The Hall–Kier alpha value is -2.91. The molecule has 0 aliphatic carbocycles. The van der Waals surface area contributed by atoms with Crippen LogP contribution in [0.5, 0.6) is 5.75 Å². The number of amides is 2. The van der Waals surface area contributed by atoms with Crippen LogP contribution >= 0.6 is 0 Å². The lowest BCUT2D eigenvalue weighted by molar-refractivity contribution is -0.141. The van der Waals surface area contributed by atoms with Gasteiger partial charge < -0.3 is 28.5 Å². The van der Waals surface area contributed by atoms with Crippen LogP contribution in [0, 0.1) is 13.8 Å². The van der Waals surface area contributed by atoms with Gasteiger partial charge in [-0.15, -0.1) is 0 Å². The Bertz CT molecular complexity index is 893. The predicted octanol–water partition coefficient (Wildman–Crippen LogP) is 1.70.